The van der Waals surface area contributed by atoms with E-state index in [1.54, 1.807) is 0 Å². The highest BCUT2D eigenvalue weighted by Crippen LogP contribution is 2.37. The van der Waals surface area contributed by atoms with Crippen LogP contribution in [0.3, 0.4) is 0 Å². The van der Waals surface area contributed by atoms with Gasteiger partial charge in [0.05, 0.1) is 24.7 Å². The van der Waals surface area contributed by atoms with Crippen LogP contribution in [0.25, 0.3) is 6.08 Å². The standard InChI is InChI=1S/C11H12N2O5/c1-17-8-4-5-9(18-2)11(13(15)16)7(8)3-6-10(12)14/h3-6H,1-2H3,(H2,12,14)/b6-3+. The SMILES string of the molecule is COc1ccc(OC)c([N+](=O)[O-])c1/C=C/C(N)=O. The number of nitro benzene ring substituents is 1. The third-order valence-corrected chi connectivity index (χ3v) is 2.18. The molecule has 18 heavy (non-hydrogen) atoms. The van der Waals surface area contributed by atoms with Crippen LogP contribution in [-0.2, 0) is 4.79 Å². The Kier molecular flexibility index (Phi) is 4.25. The fourth-order valence-corrected chi connectivity index (χ4v) is 1.43. The molecule has 1 aromatic carbocycles. The summed E-state index contributed by atoms with van der Waals surface area (Å²) in [6.07, 6.45) is 2.24. The summed E-state index contributed by atoms with van der Waals surface area (Å²) in [6.45, 7) is 0. The number of hydrogen-bond donors (Lipinski definition) is 1. The number of nitrogens with zero attached hydrogens (tertiary/aromatic N) is 1. The number of carbonyl (C=O) groups is 1. The first-order chi connectivity index (χ1) is 8.51. The minimum absolute atomic E-state index is 0.0740. The second-order valence-corrected chi connectivity index (χ2v) is 3.23. The summed E-state index contributed by atoms with van der Waals surface area (Å²) in [6, 6.07) is 2.92. The lowest BCUT2D eigenvalue weighted by molar-refractivity contribution is -0.386. The molecule has 0 radical (unpaired) electrons. The van der Waals surface area contributed by atoms with E-state index < -0.39 is 10.8 Å². The van der Waals surface area contributed by atoms with Gasteiger partial charge in [-0.25, -0.2) is 0 Å². The van der Waals surface area contributed by atoms with Crippen LogP contribution < -0.4 is 15.2 Å². The summed E-state index contributed by atoms with van der Waals surface area (Å²) in [5, 5.41) is 11.0. The molecule has 0 saturated heterocycles. The van der Waals surface area contributed by atoms with Gasteiger partial charge >= 0.3 is 5.69 Å². The zero-order valence-electron chi connectivity index (χ0n) is 9.88. The average molecular weight is 252 g/mol. The van der Waals surface area contributed by atoms with Crippen molar-refractivity contribution in [3.8, 4) is 11.5 Å². The van der Waals surface area contributed by atoms with Gasteiger partial charge < -0.3 is 15.2 Å². The maximum absolute atomic E-state index is 11.0. The van der Waals surface area contributed by atoms with Gasteiger partial charge in [-0.15, -0.1) is 0 Å². The quantitative estimate of drug-likeness (QED) is 0.480. The first-order valence-corrected chi connectivity index (χ1v) is 4.88. The van der Waals surface area contributed by atoms with Crippen molar-refractivity contribution in [1.82, 2.24) is 0 Å². The first-order valence-electron chi connectivity index (χ1n) is 4.88. The number of primary amides is 1. The number of ether oxygens (including phenoxy) is 2. The highest BCUT2D eigenvalue weighted by molar-refractivity contribution is 5.92. The average Bonchev–Trinajstić information content (AvgIpc) is 2.34. The molecule has 0 saturated carbocycles. The van der Waals surface area contributed by atoms with Gasteiger partial charge in [0.15, 0.2) is 5.75 Å². The summed E-state index contributed by atoms with van der Waals surface area (Å²) in [4.78, 5) is 21.1. The molecule has 0 unspecified atom stereocenters. The van der Waals surface area contributed by atoms with E-state index in [0.29, 0.717) is 0 Å². The molecule has 1 aromatic rings. The van der Waals surface area contributed by atoms with Gasteiger partial charge in [-0.2, -0.15) is 0 Å². The molecule has 0 atom stereocenters. The second kappa shape index (κ2) is 5.67. The Hall–Kier alpha value is -2.57. The van der Waals surface area contributed by atoms with Crippen LogP contribution in [0.5, 0.6) is 11.5 Å². The summed E-state index contributed by atoms with van der Waals surface area (Å²) in [7, 11) is 2.68. The van der Waals surface area contributed by atoms with Crippen molar-refractivity contribution >= 4 is 17.7 Å². The topological polar surface area (TPSA) is 105 Å². The Labute approximate surface area is 103 Å². The van der Waals surface area contributed by atoms with Crippen LogP contribution in [0.2, 0.25) is 0 Å². The van der Waals surface area contributed by atoms with Crippen molar-refractivity contribution in [3.63, 3.8) is 0 Å². The minimum atomic E-state index is -0.714. The van der Waals surface area contributed by atoms with Gasteiger partial charge in [-0.05, 0) is 18.2 Å². The van der Waals surface area contributed by atoms with Crippen LogP contribution in [0.1, 0.15) is 5.56 Å². The molecule has 1 rings (SSSR count). The summed E-state index contributed by atoms with van der Waals surface area (Å²) >= 11 is 0. The molecule has 0 aliphatic carbocycles. The largest absolute Gasteiger partial charge is 0.496 e. The molecule has 0 aliphatic heterocycles. The summed E-state index contributed by atoms with van der Waals surface area (Å²) in [5.74, 6) is -0.390. The molecular weight excluding hydrogens is 240 g/mol. The van der Waals surface area contributed by atoms with Gasteiger partial charge in [0.1, 0.15) is 5.75 Å². The van der Waals surface area contributed by atoms with Gasteiger partial charge in [0, 0.05) is 6.08 Å². The van der Waals surface area contributed by atoms with Crippen LogP contribution in [0, 0.1) is 10.1 Å². The van der Waals surface area contributed by atoms with E-state index in [1.807, 2.05) is 0 Å². The number of benzene rings is 1. The molecule has 1 amide bonds. The van der Waals surface area contributed by atoms with E-state index in [0.717, 1.165) is 6.08 Å². The van der Waals surface area contributed by atoms with Crippen molar-refractivity contribution in [2.24, 2.45) is 5.73 Å². The lowest BCUT2D eigenvalue weighted by Crippen LogP contribution is -2.05. The van der Waals surface area contributed by atoms with Crippen molar-refractivity contribution in [1.29, 1.82) is 0 Å². The fraction of sp³-hybridized carbons (Fsp3) is 0.182. The maximum atomic E-state index is 11.0. The number of nitrogens with two attached hydrogens (primary N) is 1. The lowest BCUT2D eigenvalue weighted by Gasteiger charge is -2.08. The van der Waals surface area contributed by atoms with Gasteiger partial charge in [0.25, 0.3) is 0 Å². The molecule has 2 N–H and O–H groups in total. The van der Waals surface area contributed by atoms with Gasteiger partial charge in [0.2, 0.25) is 5.91 Å². The van der Waals surface area contributed by atoms with Crippen LogP contribution >= 0.6 is 0 Å². The van der Waals surface area contributed by atoms with Crippen LogP contribution in [-0.4, -0.2) is 25.1 Å². The third kappa shape index (κ3) is 2.76. The lowest BCUT2D eigenvalue weighted by atomic mass is 10.1. The van der Waals surface area contributed by atoms with Crippen LogP contribution in [0.15, 0.2) is 18.2 Å². The molecule has 0 fully saturated rings. The minimum Gasteiger partial charge on any atom is -0.496 e. The van der Waals surface area contributed by atoms with E-state index in [1.165, 1.54) is 32.4 Å². The molecule has 0 spiro atoms. The highest BCUT2D eigenvalue weighted by atomic mass is 16.6. The maximum Gasteiger partial charge on any atom is 0.321 e. The van der Waals surface area contributed by atoms with Crippen molar-refractivity contribution in [2.75, 3.05) is 14.2 Å². The van der Waals surface area contributed by atoms with Crippen LogP contribution in [0.4, 0.5) is 5.69 Å². The Morgan fingerprint density at radius 1 is 1.33 bits per heavy atom. The zero-order chi connectivity index (χ0) is 13.7. The second-order valence-electron chi connectivity index (χ2n) is 3.23. The Balaban J connectivity index is 3.50. The Bertz CT molecular complexity index is 510. The summed E-state index contributed by atoms with van der Waals surface area (Å²) < 4.78 is 9.91. The summed E-state index contributed by atoms with van der Waals surface area (Å²) in [5.41, 5.74) is 4.80. The van der Waals surface area contributed by atoms with E-state index in [4.69, 9.17) is 15.2 Å². The number of carbonyl (C=O) groups excluding carboxylic acids is 1. The number of methoxy groups -OCH3 is 2. The normalized spacial score (nSPS) is 10.3. The van der Waals surface area contributed by atoms with Gasteiger partial charge in [-0.1, -0.05) is 0 Å². The van der Waals surface area contributed by atoms with Gasteiger partial charge in [-0.3, -0.25) is 14.9 Å². The van der Waals surface area contributed by atoms with Crippen molar-refractivity contribution in [3.05, 3.63) is 33.9 Å². The third-order valence-electron chi connectivity index (χ3n) is 2.18. The Morgan fingerprint density at radius 3 is 2.33 bits per heavy atom. The fourth-order valence-electron chi connectivity index (χ4n) is 1.43. The molecule has 0 bridgehead atoms. The number of hydrogen-bond acceptors (Lipinski definition) is 5. The van der Waals surface area contributed by atoms with E-state index in [2.05, 4.69) is 0 Å². The van der Waals surface area contributed by atoms with Crippen molar-refractivity contribution in [2.45, 2.75) is 0 Å². The van der Waals surface area contributed by atoms with Crippen molar-refractivity contribution < 1.29 is 19.2 Å². The molecule has 0 aliphatic rings. The van der Waals surface area contributed by atoms with E-state index >= 15 is 0 Å². The number of rotatable bonds is 5. The predicted octanol–water partition coefficient (Wildman–Crippen LogP) is 1.11. The predicted molar refractivity (Wildman–Crippen MR) is 64.4 cm³/mol. The monoisotopic (exact) mass is 252 g/mol. The Morgan fingerprint density at radius 2 is 1.89 bits per heavy atom. The molecule has 7 nitrogen and oxygen atoms in total. The van der Waals surface area contributed by atoms with E-state index in [-0.39, 0.29) is 22.7 Å². The molecule has 96 valence electrons. The smallest absolute Gasteiger partial charge is 0.321 e. The van der Waals surface area contributed by atoms with E-state index in [9.17, 15) is 14.9 Å². The number of amides is 1. The molecular formula is C11H12N2O5. The molecule has 7 heteroatoms. The zero-order valence-corrected chi connectivity index (χ0v) is 9.88. The molecule has 0 heterocycles. The highest BCUT2D eigenvalue weighted by Gasteiger charge is 2.23. The first kappa shape index (κ1) is 13.5. The molecule has 0 aromatic heterocycles. The number of nitro groups is 1.